The van der Waals surface area contributed by atoms with Gasteiger partial charge in [0.2, 0.25) is 0 Å². The Balaban J connectivity index is 1.27. The van der Waals surface area contributed by atoms with Gasteiger partial charge in [0, 0.05) is 17.5 Å². The summed E-state index contributed by atoms with van der Waals surface area (Å²) in [5, 5.41) is 16.1. The van der Waals surface area contributed by atoms with Gasteiger partial charge in [-0.1, -0.05) is 38.1 Å². The third-order valence-corrected chi connectivity index (χ3v) is 6.06. The first-order valence-electron chi connectivity index (χ1n) is 11.0. The number of hydrogen-bond acceptors (Lipinski definition) is 7. The molecule has 8 nitrogen and oxygen atoms in total. The average molecular weight is 443 g/mol. The minimum atomic E-state index is -0.174. The van der Waals surface area contributed by atoms with Gasteiger partial charge < -0.3 is 15.2 Å². The predicted molar refractivity (Wildman–Crippen MR) is 124 cm³/mol. The van der Waals surface area contributed by atoms with Crippen LogP contribution in [0.2, 0.25) is 0 Å². The van der Waals surface area contributed by atoms with Crippen molar-refractivity contribution in [2.45, 2.75) is 44.2 Å². The van der Waals surface area contributed by atoms with E-state index >= 15 is 0 Å². The van der Waals surface area contributed by atoms with Gasteiger partial charge in [0.1, 0.15) is 17.6 Å². The van der Waals surface area contributed by atoms with Crippen molar-refractivity contribution in [1.29, 1.82) is 0 Å². The van der Waals surface area contributed by atoms with Gasteiger partial charge in [-0.05, 0) is 48.2 Å². The summed E-state index contributed by atoms with van der Waals surface area (Å²) in [6.07, 6.45) is 6.83. The minimum Gasteiger partial charge on any atom is -0.490 e. The van der Waals surface area contributed by atoms with E-state index in [1.807, 2.05) is 24.3 Å². The zero-order chi connectivity index (χ0) is 22.8. The van der Waals surface area contributed by atoms with Crippen molar-refractivity contribution in [3.63, 3.8) is 0 Å². The molecule has 2 N–H and O–H groups in total. The Labute approximate surface area is 192 Å². The number of hydrogen-bond donors (Lipinski definition) is 1. The number of benzene rings is 2. The van der Waals surface area contributed by atoms with E-state index in [0.717, 1.165) is 18.6 Å². The van der Waals surface area contributed by atoms with E-state index in [0.29, 0.717) is 17.3 Å². The molecular formula is C25H26N6O2. The van der Waals surface area contributed by atoms with Crippen LogP contribution in [0.1, 0.15) is 37.8 Å². The molecule has 1 saturated carbocycles. The van der Waals surface area contributed by atoms with Gasteiger partial charge in [0.25, 0.3) is 0 Å². The molecule has 1 aliphatic rings. The summed E-state index contributed by atoms with van der Waals surface area (Å²) >= 11 is 0. The highest BCUT2D eigenvalue weighted by Crippen LogP contribution is 2.34. The highest BCUT2D eigenvalue weighted by atomic mass is 16.5. The molecule has 0 bridgehead atoms. The summed E-state index contributed by atoms with van der Waals surface area (Å²) in [7, 11) is 0. The topological polar surface area (TPSA) is 101 Å². The minimum absolute atomic E-state index is 0.174. The Kier molecular flexibility index (Phi) is 5.51. The first-order valence-corrected chi connectivity index (χ1v) is 11.0. The van der Waals surface area contributed by atoms with Crippen molar-refractivity contribution in [3.05, 3.63) is 84.3 Å². The fourth-order valence-electron chi connectivity index (χ4n) is 3.91. The Morgan fingerprint density at radius 1 is 0.879 bits per heavy atom. The molecule has 0 unspecified atom stereocenters. The quantitative estimate of drug-likeness (QED) is 0.461. The molecule has 8 heteroatoms. The average Bonchev–Trinajstić information content (AvgIpc) is 3.34. The van der Waals surface area contributed by atoms with Gasteiger partial charge in [0.05, 0.1) is 18.6 Å². The van der Waals surface area contributed by atoms with Gasteiger partial charge in [-0.3, -0.25) is 0 Å². The Bertz CT molecular complexity index is 1200. The van der Waals surface area contributed by atoms with Crippen molar-refractivity contribution < 1.29 is 9.47 Å². The van der Waals surface area contributed by atoms with Gasteiger partial charge in [-0.25, -0.2) is 0 Å². The molecule has 0 radical (unpaired) electrons. The van der Waals surface area contributed by atoms with E-state index in [1.165, 1.54) is 15.9 Å². The first kappa shape index (κ1) is 21.1. The van der Waals surface area contributed by atoms with E-state index in [9.17, 15) is 0 Å². The van der Waals surface area contributed by atoms with Crippen molar-refractivity contribution in [2.75, 3.05) is 0 Å². The van der Waals surface area contributed by atoms with E-state index in [2.05, 4.69) is 58.5 Å². The van der Waals surface area contributed by atoms with Crippen LogP contribution in [0.4, 0.5) is 0 Å². The number of ether oxygens (including phenoxy) is 2. The number of rotatable bonds is 7. The second kappa shape index (κ2) is 8.63. The van der Waals surface area contributed by atoms with Crippen LogP contribution in [0.15, 0.2) is 73.2 Å². The molecule has 33 heavy (non-hydrogen) atoms. The van der Waals surface area contributed by atoms with Gasteiger partial charge in [-0.15, -0.1) is 9.90 Å². The molecular weight excluding hydrogens is 416 g/mol. The van der Waals surface area contributed by atoms with Crippen LogP contribution in [0, 0.1) is 0 Å². The standard InChI is InChI=1S/C25H26N6O2/c1-25(2,17-3-7-20(8-4-17)32-22-13-19(26)14-22)18-5-9-21(10-6-18)33-23-15-24(30-27-16-23)31-28-11-12-29-31/h3-12,15-16,19,22H,13-14,26H2,1-2H3. The highest BCUT2D eigenvalue weighted by Gasteiger charge is 2.28. The molecule has 2 aromatic heterocycles. The third kappa shape index (κ3) is 4.56. The largest absolute Gasteiger partial charge is 0.490 e. The van der Waals surface area contributed by atoms with E-state index in [4.69, 9.17) is 15.2 Å². The summed E-state index contributed by atoms with van der Waals surface area (Å²) in [5.41, 5.74) is 8.07. The van der Waals surface area contributed by atoms with E-state index in [1.54, 1.807) is 24.7 Å². The lowest BCUT2D eigenvalue weighted by molar-refractivity contribution is 0.101. The van der Waals surface area contributed by atoms with Crippen LogP contribution in [0.5, 0.6) is 17.2 Å². The highest BCUT2D eigenvalue weighted by molar-refractivity contribution is 5.43. The number of aromatic nitrogens is 5. The Hall–Kier alpha value is -3.78. The lowest BCUT2D eigenvalue weighted by atomic mass is 9.78. The molecule has 4 aromatic rings. The molecule has 0 spiro atoms. The maximum Gasteiger partial charge on any atom is 0.199 e. The van der Waals surface area contributed by atoms with Crippen LogP contribution in [-0.4, -0.2) is 37.3 Å². The SMILES string of the molecule is CC(C)(c1ccc(Oc2cnnc(-n3nccn3)c2)cc1)c1ccc(OC2CC(N)C2)cc1. The molecule has 2 heterocycles. The lowest BCUT2D eigenvalue weighted by Crippen LogP contribution is -2.43. The lowest BCUT2D eigenvalue weighted by Gasteiger charge is -2.33. The van der Waals surface area contributed by atoms with Crippen molar-refractivity contribution in [1.82, 2.24) is 25.2 Å². The fourth-order valence-corrected chi connectivity index (χ4v) is 3.91. The Morgan fingerprint density at radius 3 is 2.09 bits per heavy atom. The molecule has 5 rings (SSSR count). The van der Waals surface area contributed by atoms with Crippen LogP contribution in [0.25, 0.3) is 5.82 Å². The summed E-state index contributed by atoms with van der Waals surface area (Å²) in [6.45, 7) is 4.42. The normalized spacial score (nSPS) is 17.9. The molecule has 0 aliphatic heterocycles. The van der Waals surface area contributed by atoms with Crippen LogP contribution >= 0.6 is 0 Å². The summed E-state index contributed by atoms with van der Waals surface area (Å²) in [6, 6.07) is 18.5. The number of nitrogens with two attached hydrogens (primary N) is 1. The van der Waals surface area contributed by atoms with E-state index < -0.39 is 0 Å². The van der Waals surface area contributed by atoms with Gasteiger partial charge in [0.15, 0.2) is 11.6 Å². The molecule has 2 aromatic carbocycles. The molecule has 168 valence electrons. The second-order valence-corrected chi connectivity index (χ2v) is 8.82. The molecule has 0 amide bonds. The maximum atomic E-state index is 5.98. The van der Waals surface area contributed by atoms with E-state index in [-0.39, 0.29) is 17.6 Å². The van der Waals surface area contributed by atoms with Crippen molar-refractivity contribution >= 4 is 0 Å². The molecule has 0 atom stereocenters. The number of nitrogens with zero attached hydrogens (tertiary/aromatic N) is 5. The summed E-state index contributed by atoms with van der Waals surface area (Å²) in [5.74, 6) is 2.66. The zero-order valence-electron chi connectivity index (χ0n) is 18.6. The first-order chi connectivity index (χ1) is 16.0. The van der Waals surface area contributed by atoms with Gasteiger partial charge in [-0.2, -0.15) is 15.3 Å². The second-order valence-electron chi connectivity index (χ2n) is 8.82. The Morgan fingerprint density at radius 2 is 1.48 bits per heavy atom. The van der Waals surface area contributed by atoms with Crippen LogP contribution < -0.4 is 15.2 Å². The summed E-state index contributed by atoms with van der Waals surface area (Å²) < 4.78 is 12.0. The molecule has 1 fully saturated rings. The predicted octanol–water partition coefficient (Wildman–Crippen LogP) is 4.04. The zero-order valence-corrected chi connectivity index (χ0v) is 18.6. The van der Waals surface area contributed by atoms with Crippen molar-refractivity contribution in [3.8, 4) is 23.1 Å². The smallest absolute Gasteiger partial charge is 0.199 e. The molecule has 1 aliphatic carbocycles. The summed E-state index contributed by atoms with van der Waals surface area (Å²) in [4.78, 5) is 1.39. The van der Waals surface area contributed by atoms with Crippen LogP contribution in [0.3, 0.4) is 0 Å². The maximum absolute atomic E-state index is 5.98. The van der Waals surface area contributed by atoms with Crippen LogP contribution in [-0.2, 0) is 5.41 Å². The van der Waals surface area contributed by atoms with Gasteiger partial charge >= 0.3 is 0 Å². The molecule has 0 saturated heterocycles. The van der Waals surface area contributed by atoms with Crippen molar-refractivity contribution in [2.24, 2.45) is 5.73 Å². The third-order valence-electron chi connectivity index (χ3n) is 6.06. The fraction of sp³-hybridized carbons (Fsp3) is 0.280. The monoisotopic (exact) mass is 442 g/mol.